The molecule has 0 radical (unpaired) electrons. The van der Waals surface area contributed by atoms with Crippen LogP contribution in [0.5, 0.6) is 0 Å². The van der Waals surface area contributed by atoms with Gasteiger partial charge in [-0.25, -0.2) is 4.98 Å². The first-order chi connectivity index (χ1) is 13.0. The number of amides is 2. The molecule has 1 aromatic carbocycles. The van der Waals surface area contributed by atoms with Crippen LogP contribution in [0, 0.1) is 5.92 Å². The zero-order valence-electron chi connectivity index (χ0n) is 15.0. The van der Waals surface area contributed by atoms with Gasteiger partial charge in [0.15, 0.2) is 5.13 Å². The Labute approximate surface area is 161 Å². The maximum Gasteiger partial charge on any atom is 0.311 e. The highest BCUT2D eigenvalue weighted by molar-refractivity contribution is 7.13. The molecular formula is C19H21N3O4S. The highest BCUT2D eigenvalue weighted by Gasteiger charge is 2.26. The molecule has 0 fully saturated rings. The minimum atomic E-state index is -0.343. The molecule has 2 aromatic rings. The molecule has 2 heterocycles. The Bertz CT molecular complexity index is 849. The number of hydrogen-bond donors (Lipinski definition) is 2. The van der Waals surface area contributed by atoms with E-state index in [4.69, 9.17) is 4.74 Å². The average molecular weight is 387 g/mol. The molecule has 27 heavy (non-hydrogen) atoms. The number of thiazole rings is 1. The molecule has 0 bridgehead atoms. The quantitative estimate of drug-likeness (QED) is 0.712. The standard InChI is InChI=1S/C19H21N3O4S/c1-2-26-17(24)10-14-11-27-19(20-14)22-16(23)8-7-13-9-12-5-3-4-6-15(12)21-18(13)25/h3-6,11,13H,2,7-10H2,1H3,(H,21,25)(H,20,22,23). The van der Waals surface area contributed by atoms with E-state index in [-0.39, 0.29) is 36.5 Å². The molecule has 0 saturated heterocycles. The first kappa shape index (κ1) is 19.0. The van der Waals surface area contributed by atoms with Crippen molar-refractivity contribution in [1.29, 1.82) is 0 Å². The average Bonchev–Trinajstić information content (AvgIpc) is 3.06. The van der Waals surface area contributed by atoms with Gasteiger partial charge in [-0.1, -0.05) is 18.2 Å². The fraction of sp³-hybridized carbons (Fsp3) is 0.368. The van der Waals surface area contributed by atoms with E-state index in [9.17, 15) is 14.4 Å². The smallest absolute Gasteiger partial charge is 0.311 e. The summed E-state index contributed by atoms with van der Waals surface area (Å²) in [6, 6.07) is 7.70. The Kier molecular flexibility index (Phi) is 6.18. The van der Waals surface area contributed by atoms with E-state index in [0.29, 0.717) is 30.3 Å². The number of para-hydroxylation sites is 1. The van der Waals surface area contributed by atoms with Crippen molar-refractivity contribution in [3.8, 4) is 0 Å². The highest BCUT2D eigenvalue weighted by Crippen LogP contribution is 2.27. The first-order valence-corrected chi connectivity index (χ1v) is 9.71. The molecule has 1 aliphatic heterocycles. The lowest BCUT2D eigenvalue weighted by atomic mass is 9.89. The Morgan fingerprint density at radius 1 is 1.37 bits per heavy atom. The zero-order chi connectivity index (χ0) is 19.2. The van der Waals surface area contributed by atoms with Gasteiger partial charge in [-0.15, -0.1) is 11.3 Å². The summed E-state index contributed by atoms with van der Waals surface area (Å²) in [7, 11) is 0. The topological polar surface area (TPSA) is 97.4 Å². The number of carbonyl (C=O) groups is 3. The largest absolute Gasteiger partial charge is 0.466 e. The van der Waals surface area contributed by atoms with Crippen LogP contribution in [-0.4, -0.2) is 29.4 Å². The number of nitrogens with zero attached hydrogens (tertiary/aromatic N) is 1. The third kappa shape index (κ3) is 5.13. The molecule has 142 valence electrons. The van der Waals surface area contributed by atoms with Gasteiger partial charge in [0.2, 0.25) is 11.8 Å². The Morgan fingerprint density at radius 3 is 3.00 bits per heavy atom. The summed E-state index contributed by atoms with van der Waals surface area (Å²) in [4.78, 5) is 40.0. The van der Waals surface area contributed by atoms with Crippen LogP contribution in [0.15, 0.2) is 29.6 Å². The van der Waals surface area contributed by atoms with Crippen molar-refractivity contribution < 1.29 is 19.1 Å². The number of fused-ring (bicyclic) bond motifs is 1. The third-order valence-corrected chi connectivity index (χ3v) is 5.07. The van der Waals surface area contributed by atoms with Gasteiger partial charge in [-0.3, -0.25) is 14.4 Å². The Morgan fingerprint density at radius 2 is 2.19 bits per heavy atom. The van der Waals surface area contributed by atoms with Crippen molar-refractivity contribution in [1.82, 2.24) is 4.98 Å². The van der Waals surface area contributed by atoms with Crippen LogP contribution < -0.4 is 10.6 Å². The van der Waals surface area contributed by atoms with Crippen LogP contribution in [0.1, 0.15) is 31.0 Å². The lowest BCUT2D eigenvalue weighted by Crippen LogP contribution is -2.30. The molecule has 1 aliphatic rings. The van der Waals surface area contributed by atoms with Gasteiger partial charge in [0.05, 0.1) is 18.7 Å². The minimum absolute atomic E-state index is 0.0486. The second-order valence-corrected chi connectivity index (χ2v) is 7.12. The molecular weight excluding hydrogens is 366 g/mol. The molecule has 3 rings (SSSR count). The number of anilines is 2. The maximum absolute atomic E-state index is 12.2. The fourth-order valence-corrected chi connectivity index (χ4v) is 3.67. The van der Waals surface area contributed by atoms with Crippen LogP contribution >= 0.6 is 11.3 Å². The molecule has 7 nitrogen and oxygen atoms in total. The molecule has 0 saturated carbocycles. The van der Waals surface area contributed by atoms with E-state index in [1.54, 1.807) is 12.3 Å². The molecule has 1 unspecified atom stereocenters. The SMILES string of the molecule is CCOC(=O)Cc1csc(NC(=O)CCC2Cc3ccccc3NC2=O)n1. The third-order valence-electron chi connectivity index (χ3n) is 4.26. The monoisotopic (exact) mass is 387 g/mol. The van der Waals surface area contributed by atoms with E-state index in [2.05, 4.69) is 15.6 Å². The number of esters is 1. The van der Waals surface area contributed by atoms with Crippen LogP contribution in [-0.2, 0) is 32.0 Å². The van der Waals surface area contributed by atoms with Crippen molar-refractivity contribution in [2.75, 3.05) is 17.2 Å². The lowest BCUT2D eigenvalue weighted by molar-refractivity contribution is -0.142. The summed E-state index contributed by atoms with van der Waals surface area (Å²) in [5.41, 5.74) is 2.50. The van der Waals surface area contributed by atoms with Crippen LogP contribution in [0.2, 0.25) is 0 Å². The molecule has 1 aromatic heterocycles. The van der Waals surface area contributed by atoms with E-state index in [1.165, 1.54) is 11.3 Å². The summed E-state index contributed by atoms with van der Waals surface area (Å²) in [6.07, 6.45) is 1.41. The Hall–Kier alpha value is -2.74. The molecule has 0 aliphatic carbocycles. The van der Waals surface area contributed by atoms with Gasteiger partial charge in [0.1, 0.15) is 0 Å². The number of rotatable bonds is 7. The second kappa shape index (κ2) is 8.77. The maximum atomic E-state index is 12.2. The van der Waals surface area contributed by atoms with Crippen molar-refractivity contribution in [3.63, 3.8) is 0 Å². The number of nitrogens with one attached hydrogen (secondary N) is 2. The zero-order valence-corrected chi connectivity index (χ0v) is 15.8. The lowest BCUT2D eigenvalue weighted by Gasteiger charge is -2.24. The normalized spacial score (nSPS) is 15.6. The van der Waals surface area contributed by atoms with Crippen molar-refractivity contribution in [2.24, 2.45) is 5.92 Å². The molecule has 8 heteroatoms. The highest BCUT2D eigenvalue weighted by atomic mass is 32.1. The molecule has 1 atom stereocenters. The van der Waals surface area contributed by atoms with Gasteiger partial charge in [-0.2, -0.15) is 0 Å². The number of benzene rings is 1. The van der Waals surface area contributed by atoms with Crippen molar-refractivity contribution >= 4 is 39.9 Å². The number of ether oxygens (including phenoxy) is 1. The summed E-state index contributed by atoms with van der Waals surface area (Å²) in [5, 5.41) is 7.78. The minimum Gasteiger partial charge on any atom is -0.466 e. The summed E-state index contributed by atoms with van der Waals surface area (Å²) in [6.45, 7) is 2.07. The fourth-order valence-electron chi connectivity index (χ4n) is 2.94. The van der Waals surface area contributed by atoms with Crippen LogP contribution in [0.25, 0.3) is 0 Å². The second-order valence-electron chi connectivity index (χ2n) is 6.26. The number of aromatic nitrogens is 1. The van der Waals surface area contributed by atoms with Gasteiger partial charge < -0.3 is 15.4 Å². The molecule has 0 spiro atoms. The van der Waals surface area contributed by atoms with Gasteiger partial charge >= 0.3 is 5.97 Å². The van der Waals surface area contributed by atoms with Crippen molar-refractivity contribution in [3.05, 3.63) is 40.9 Å². The van der Waals surface area contributed by atoms with Gasteiger partial charge in [0, 0.05) is 23.4 Å². The van der Waals surface area contributed by atoms with E-state index in [0.717, 1.165) is 11.3 Å². The van der Waals surface area contributed by atoms with Gasteiger partial charge in [0.25, 0.3) is 0 Å². The molecule has 2 N–H and O–H groups in total. The van der Waals surface area contributed by atoms with Crippen LogP contribution in [0.3, 0.4) is 0 Å². The van der Waals surface area contributed by atoms with E-state index < -0.39 is 0 Å². The van der Waals surface area contributed by atoms with Gasteiger partial charge in [-0.05, 0) is 31.4 Å². The van der Waals surface area contributed by atoms with Crippen molar-refractivity contribution in [2.45, 2.75) is 32.6 Å². The van der Waals surface area contributed by atoms with E-state index >= 15 is 0 Å². The predicted octanol–water partition coefficient (Wildman–Crippen LogP) is 2.78. The summed E-state index contributed by atoms with van der Waals surface area (Å²) in [5.74, 6) is -0.809. The number of hydrogen-bond acceptors (Lipinski definition) is 6. The summed E-state index contributed by atoms with van der Waals surface area (Å²) >= 11 is 1.26. The number of carbonyl (C=O) groups excluding carboxylic acids is 3. The summed E-state index contributed by atoms with van der Waals surface area (Å²) < 4.78 is 4.88. The molecule has 2 amide bonds. The van der Waals surface area contributed by atoms with E-state index in [1.807, 2.05) is 24.3 Å². The predicted molar refractivity (Wildman–Crippen MR) is 103 cm³/mol. The first-order valence-electron chi connectivity index (χ1n) is 8.83. The Balaban J connectivity index is 1.48. The van der Waals surface area contributed by atoms with Crippen LogP contribution in [0.4, 0.5) is 10.8 Å².